The van der Waals surface area contributed by atoms with Crippen LogP contribution in [0.1, 0.15) is 225 Å². The Morgan fingerprint density at radius 2 is 0.763 bits per heavy atom. The standard InChI is InChI=1S/C56H91NOS/c1-2-12-36(13-3-1)37-24-28-40(29-25-37)57(41-30-26-39(27-31-41)43-20-10-15-38-14-4-5-16-42(38)43)51-34-32-45(44-17-6-7-18-46(44)51)47-21-11-22-48-49-33-35-53-54(56(49)59-55(47)48)50-19-8-9-23-52(50)58-53/h36-56H,1-35H2. The Balaban J connectivity index is 0.775. The van der Waals surface area contributed by atoms with E-state index in [0.29, 0.717) is 12.2 Å². The minimum atomic E-state index is 0.624. The molecule has 0 aromatic carbocycles. The molecule has 16 atom stereocenters. The lowest BCUT2D eigenvalue weighted by Gasteiger charge is -2.57. The van der Waals surface area contributed by atoms with Crippen molar-refractivity contribution in [1.29, 1.82) is 0 Å². The van der Waals surface area contributed by atoms with Crippen LogP contribution in [0.5, 0.6) is 0 Å². The van der Waals surface area contributed by atoms with Gasteiger partial charge < -0.3 is 4.74 Å². The second-order valence-electron chi connectivity index (χ2n) is 25.0. The molecule has 12 aliphatic rings. The highest BCUT2D eigenvalue weighted by Crippen LogP contribution is 2.65. The van der Waals surface area contributed by atoms with E-state index in [1.165, 1.54) is 57.8 Å². The lowest BCUT2D eigenvalue weighted by Crippen LogP contribution is -2.59. The summed E-state index contributed by atoms with van der Waals surface area (Å²) in [6, 6.07) is 2.75. The Morgan fingerprint density at radius 1 is 0.288 bits per heavy atom. The summed E-state index contributed by atoms with van der Waals surface area (Å²) < 4.78 is 6.95. The molecule has 3 heteroatoms. The zero-order valence-electron chi connectivity index (χ0n) is 38.1. The van der Waals surface area contributed by atoms with Crippen molar-refractivity contribution >= 4 is 11.8 Å². The summed E-state index contributed by atoms with van der Waals surface area (Å²) in [5.41, 5.74) is 0. The zero-order valence-corrected chi connectivity index (χ0v) is 39.0. The maximum absolute atomic E-state index is 6.95. The molecule has 12 fully saturated rings. The number of rotatable bonds is 6. The SMILES string of the molecule is C1CCC(C2CCC(N(C3CCC(C4CCCC5CCCCC54)CC3)C3CCC(C4CCCC5C6CCC7OC8CCCCC8C7C6SC45)C4CCCCC43)CC2)CC1. The minimum absolute atomic E-state index is 0.624. The highest BCUT2D eigenvalue weighted by molar-refractivity contribution is 8.00. The quantitative estimate of drug-likeness (QED) is 0.265. The van der Waals surface area contributed by atoms with Crippen LogP contribution < -0.4 is 0 Å². The van der Waals surface area contributed by atoms with Crippen molar-refractivity contribution in [1.82, 2.24) is 4.90 Å². The van der Waals surface area contributed by atoms with Crippen LogP contribution >= 0.6 is 11.8 Å². The highest BCUT2D eigenvalue weighted by atomic mass is 32.2. The smallest absolute Gasteiger partial charge is 0.0621 e. The maximum atomic E-state index is 6.95. The summed E-state index contributed by atoms with van der Waals surface area (Å²) in [5, 5.41) is 1.94. The third-order valence-corrected chi connectivity index (χ3v) is 24.9. The molecule has 12 rings (SSSR count). The van der Waals surface area contributed by atoms with E-state index in [1.807, 2.05) is 0 Å². The summed E-state index contributed by atoms with van der Waals surface area (Å²) in [6.07, 6.45) is 55.5. The number of hydrogen-bond acceptors (Lipinski definition) is 3. The maximum Gasteiger partial charge on any atom is 0.0621 e. The molecule has 10 aliphatic carbocycles. The largest absolute Gasteiger partial charge is 0.374 e. The van der Waals surface area contributed by atoms with Crippen molar-refractivity contribution < 1.29 is 4.74 Å². The molecular weight excluding hydrogens is 735 g/mol. The van der Waals surface area contributed by atoms with Crippen LogP contribution in [0.4, 0.5) is 0 Å². The van der Waals surface area contributed by atoms with Gasteiger partial charge in [-0.15, -0.1) is 0 Å². The first-order valence-electron chi connectivity index (χ1n) is 28.3. The van der Waals surface area contributed by atoms with E-state index in [0.717, 1.165) is 111 Å². The van der Waals surface area contributed by atoms with Crippen molar-refractivity contribution in [2.45, 2.75) is 266 Å². The van der Waals surface area contributed by atoms with Gasteiger partial charge in [0.05, 0.1) is 12.2 Å². The summed E-state index contributed by atoms with van der Waals surface area (Å²) >= 11 is 2.64. The molecule has 0 amide bonds. The summed E-state index contributed by atoms with van der Waals surface area (Å²) in [4.78, 5) is 3.49. The Labute approximate surface area is 368 Å². The molecule has 0 aromatic rings. The molecule has 2 aliphatic heterocycles. The first-order valence-corrected chi connectivity index (χ1v) is 29.3. The van der Waals surface area contributed by atoms with Gasteiger partial charge in [0.25, 0.3) is 0 Å². The topological polar surface area (TPSA) is 12.5 Å². The normalized spacial score (nSPS) is 53.0. The van der Waals surface area contributed by atoms with E-state index >= 15 is 0 Å². The Kier molecular flexibility index (Phi) is 12.4. The van der Waals surface area contributed by atoms with E-state index in [1.54, 1.807) is 167 Å². The molecule has 332 valence electrons. The van der Waals surface area contributed by atoms with Crippen molar-refractivity contribution in [3.63, 3.8) is 0 Å². The van der Waals surface area contributed by atoms with Gasteiger partial charge in [-0.05, 0) is 205 Å². The van der Waals surface area contributed by atoms with E-state index in [2.05, 4.69) is 16.7 Å². The third-order valence-electron chi connectivity index (χ3n) is 22.9. The summed E-state index contributed by atoms with van der Waals surface area (Å²) in [6.45, 7) is 0. The monoisotopic (exact) mass is 826 g/mol. The zero-order chi connectivity index (χ0) is 38.9. The highest BCUT2D eigenvalue weighted by Gasteiger charge is 2.61. The molecular formula is C56H91NOS. The first-order chi connectivity index (χ1) is 29.3. The van der Waals surface area contributed by atoms with E-state index < -0.39 is 0 Å². The predicted octanol–water partition coefficient (Wildman–Crippen LogP) is 15.1. The fourth-order valence-electron chi connectivity index (χ4n) is 20.6. The van der Waals surface area contributed by atoms with Gasteiger partial charge >= 0.3 is 0 Å². The number of nitrogens with zero attached hydrogens (tertiary/aromatic N) is 1. The number of fused-ring (bicyclic) bond motifs is 9. The molecule has 10 saturated carbocycles. The molecule has 0 radical (unpaired) electrons. The lowest BCUT2D eigenvalue weighted by atomic mass is 9.56. The van der Waals surface area contributed by atoms with Crippen LogP contribution in [0.25, 0.3) is 0 Å². The van der Waals surface area contributed by atoms with Crippen LogP contribution in [-0.4, -0.2) is 45.7 Å². The van der Waals surface area contributed by atoms with E-state index in [4.69, 9.17) is 4.74 Å². The average molecular weight is 826 g/mol. The van der Waals surface area contributed by atoms with Crippen molar-refractivity contribution in [3.8, 4) is 0 Å². The van der Waals surface area contributed by atoms with Gasteiger partial charge in [-0.1, -0.05) is 96.3 Å². The van der Waals surface area contributed by atoms with Crippen molar-refractivity contribution in [3.05, 3.63) is 0 Å². The van der Waals surface area contributed by atoms with Gasteiger partial charge in [0.15, 0.2) is 0 Å². The number of hydrogen-bond donors (Lipinski definition) is 0. The summed E-state index contributed by atoms with van der Waals surface area (Å²) in [5.74, 6) is 14.6. The third kappa shape index (κ3) is 7.65. The molecule has 2 nitrogen and oxygen atoms in total. The minimum Gasteiger partial charge on any atom is -0.374 e. The molecule has 0 bridgehead atoms. The molecule has 0 N–H and O–H groups in total. The van der Waals surface area contributed by atoms with Crippen LogP contribution in [0.3, 0.4) is 0 Å². The lowest BCUT2D eigenvalue weighted by molar-refractivity contribution is -0.0738. The fourth-order valence-corrected chi connectivity index (χ4v) is 23.2. The molecule has 2 saturated heterocycles. The van der Waals surface area contributed by atoms with E-state index in [9.17, 15) is 0 Å². The predicted molar refractivity (Wildman–Crippen MR) is 247 cm³/mol. The van der Waals surface area contributed by atoms with Crippen LogP contribution in [0, 0.1) is 82.9 Å². The van der Waals surface area contributed by atoms with Gasteiger partial charge in [-0.25, -0.2) is 0 Å². The number of thioether (sulfide) groups is 1. The fraction of sp³-hybridized carbons (Fsp3) is 1.00. The average Bonchev–Trinajstić information content (AvgIpc) is 3.89. The van der Waals surface area contributed by atoms with Gasteiger partial charge in [-0.3, -0.25) is 4.90 Å². The van der Waals surface area contributed by atoms with Crippen molar-refractivity contribution in [2.75, 3.05) is 0 Å². The molecule has 16 unspecified atom stereocenters. The second kappa shape index (κ2) is 17.9. The molecule has 2 heterocycles. The Hall–Kier alpha value is 0.270. The molecule has 59 heavy (non-hydrogen) atoms. The summed E-state index contributed by atoms with van der Waals surface area (Å²) in [7, 11) is 0. The Morgan fingerprint density at radius 3 is 1.54 bits per heavy atom. The van der Waals surface area contributed by atoms with Gasteiger partial charge in [0, 0.05) is 34.5 Å². The number of ether oxygens (including phenoxy) is 1. The van der Waals surface area contributed by atoms with E-state index in [-0.39, 0.29) is 0 Å². The molecule has 0 aromatic heterocycles. The van der Waals surface area contributed by atoms with Gasteiger partial charge in [0.1, 0.15) is 0 Å². The molecule has 0 spiro atoms. The van der Waals surface area contributed by atoms with Gasteiger partial charge in [-0.2, -0.15) is 11.8 Å². The second-order valence-corrected chi connectivity index (χ2v) is 26.4. The van der Waals surface area contributed by atoms with Crippen LogP contribution in [0.15, 0.2) is 0 Å². The Bertz CT molecular complexity index is 1380. The first kappa shape index (κ1) is 40.8. The van der Waals surface area contributed by atoms with Crippen LogP contribution in [0.2, 0.25) is 0 Å². The van der Waals surface area contributed by atoms with Gasteiger partial charge in [0.2, 0.25) is 0 Å². The van der Waals surface area contributed by atoms with Crippen molar-refractivity contribution in [2.24, 2.45) is 82.9 Å². The van der Waals surface area contributed by atoms with Crippen LogP contribution in [-0.2, 0) is 4.74 Å².